The molecule has 0 saturated carbocycles. The highest BCUT2D eigenvalue weighted by Gasteiger charge is 1.76. The molecule has 0 atom stereocenters. The number of halogens is 1. The lowest BCUT2D eigenvalue weighted by atomic mass is 10.3. The monoisotopic (exact) mass is 262 g/mol. The van der Waals surface area contributed by atoms with Crippen molar-refractivity contribution in [2.75, 3.05) is 5.88 Å². The Morgan fingerprint density at radius 1 is 0.556 bits per heavy atom. The molecule has 0 nitrogen and oxygen atoms in total. The van der Waals surface area contributed by atoms with Crippen molar-refractivity contribution in [2.24, 2.45) is 0 Å². The highest BCUT2D eigenvalue weighted by atomic mass is 35.5. The molecule has 0 fully saturated rings. The molecular weight excluding hydrogens is 240 g/mol. The van der Waals surface area contributed by atoms with Gasteiger partial charge in [-0.3, -0.25) is 0 Å². The van der Waals surface area contributed by atoms with E-state index in [2.05, 4.69) is 6.92 Å². The van der Waals surface area contributed by atoms with Gasteiger partial charge >= 0.3 is 0 Å². The lowest BCUT2D eigenvalue weighted by Gasteiger charge is -1.84. The highest BCUT2D eigenvalue weighted by Crippen LogP contribution is 1.93. The Kier molecular flexibility index (Phi) is 14.6. The van der Waals surface area contributed by atoms with Crippen LogP contribution in [0.2, 0.25) is 0 Å². The van der Waals surface area contributed by atoms with E-state index >= 15 is 0 Å². The van der Waals surface area contributed by atoms with Crippen LogP contribution >= 0.6 is 11.6 Å². The molecule has 1 heteroatoms. The van der Waals surface area contributed by atoms with Crippen molar-refractivity contribution >= 4 is 11.6 Å². The summed E-state index contributed by atoms with van der Waals surface area (Å²) in [5, 5.41) is 0. The first-order valence-corrected chi connectivity index (χ1v) is 7.01. The topological polar surface area (TPSA) is 0 Å². The normalized spacial score (nSPS) is 8.33. The Morgan fingerprint density at radius 2 is 0.833 bits per heavy atom. The summed E-state index contributed by atoms with van der Waals surface area (Å²) in [4.78, 5) is 0. The zero-order valence-electron chi connectivity index (χ0n) is 11.1. The van der Waals surface area contributed by atoms with Gasteiger partial charge in [-0.2, -0.15) is 0 Å². The molecule has 0 bridgehead atoms. The van der Waals surface area contributed by atoms with Gasteiger partial charge in [0.15, 0.2) is 0 Å². The lowest BCUT2D eigenvalue weighted by molar-refractivity contribution is 0.776. The molecule has 0 spiro atoms. The second-order valence-electron chi connectivity index (χ2n) is 3.71. The summed E-state index contributed by atoms with van der Waals surface area (Å²) < 4.78 is 0. The average molecular weight is 263 g/mol. The molecule has 0 aliphatic carbocycles. The molecule has 2 rings (SSSR count). The molecule has 0 amide bonds. The van der Waals surface area contributed by atoms with Crippen LogP contribution in [0.1, 0.15) is 26.2 Å². The summed E-state index contributed by atoms with van der Waals surface area (Å²) in [5.74, 6) is 0.827. The Balaban J connectivity index is 0.000000241. The van der Waals surface area contributed by atoms with E-state index in [0.717, 1.165) is 5.88 Å². The maximum atomic E-state index is 5.38. The SMILES string of the molecule is CCCCCCl.c1ccccc1.c1ccccc1. The van der Waals surface area contributed by atoms with Crippen LogP contribution in [0, 0.1) is 0 Å². The predicted octanol–water partition coefficient (Wildman–Crippen LogP) is 5.79. The first-order valence-electron chi connectivity index (χ1n) is 6.47. The molecule has 0 aliphatic heterocycles. The Bertz CT molecular complexity index is 229. The van der Waals surface area contributed by atoms with E-state index < -0.39 is 0 Å². The predicted molar refractivity (Wildman–Crippen MR) is 83.1 cm³/mol. The van der Waals surface area contributed by atoms with Gasteiger partial charge in [-0.15, -0.1) is 11.6 Å². The summed E-state index contributed by atoms with van der Waals surface area (Å²) in [5.41, 5.74) is 0. The second-order valence-corrected chi connectivity index (χ2v) is 4.08. The van der Waals surface area contributed by atoms with Gasteiger partial charge in [-0.25, -0.2) is 0 Å². The zero-order chi connectivity index (χ0) is 13.3. The smallest absolute Gasteiger partial charge is 0.0223 e. The van der Waals surface area contributed by atoms with Crippen molar-refractivity contribution < 1.29 is 0 Å². The first kappa shape index (κ1) is 16.7. The number of hydrogen-bond donors (Lipinski definition) is 0. The van der Waals surface area contributed by atoms with Gasteiger partial charge < -0.3 is 0 Å². The van der Waals surface area contributed by atoms with Crippen LogP contribution in [0.5, 0.6) is 0 Å². The van der Waals surface area contributed by atoms with Gasteiger partial charge in [0, 0.05) is 5.88 Å². The molecule has 0 aliphatic rings. The standard InChI is InChI=1S/2C6H6.C5H11Cl/c2*1-2-4-6-5-3-1;1-2-3-4-5-6/h2*1-6H;2-5H2,1H3. The molecule has 98 valence electrons. The second kappa shape index (κ2) is 15.7. The Hall–Kier alpha value is -1.27. The van der Waals surface area contributed by atoms with E-state index in [9.17, 15) is 0 Å². The maximum absolute atomic E-state index is 5.38. The Labute approximate surface area is 117 Å². The molecule has 2 aromatic carbocycles. The minimum atomic E-state index is 0.827. The van der Waals surface area contributed by atoms with Crippen LogP contribution in [0.15, 0.2) is 72.8 Å². The number of rotatable bonds is 3. The molecule has 0 N–H and O–H groups in total. The average Bonchev–Trinajstić information content (AvgIpc) is 2.50. The van der Waals surface area contributed by atoms with Gasteiger partial charge in [0.2, 0.25) is 0 Å². The van der Waals surface area contributed by atoms with Crippen molar-refractivity contribution in [3.8, 4) is 0 Å². The van der Waals surface area contributed by atoms with Crippen molar-refractivity contribution in [1.82, 2.24) is 0 Å². The summed E-state index contributed by atoms with van der Waals surface area (Å²) in [7, 11) is 0. The van der Waals surface area contributed by atoms with Gasteiger partial charge in [0.25, 0.3) is 0 Å². The van der Waals surface area contributed by atoms with Crippen molar-refractivity contribution in [1.29, 1.82) is 0 Å². The highest BCUT2D eigenvalue weighted by molar-refractivity contribution is 6.17. The van der Waals surface area contributed by atoms with Crippen LogP contribution in [-0.2, 0) is 0 Å². The van der Waals surface area contributed by atoms with E-state index in [1.165, 1.54) is 19.3 Å². The van der Waals surface area contributed by atoms with E-state index in [-0.39, 0.29) is 0 Å². The fourth-order valence-electron chi connectivity index (χ4n) is 1.11. The number of alkyl halides is 1. The molecule has 0 radical (unpaired) electrons. The van der Waals surface area contributed by atoms with Crippen molar-refractivity contribution in [3.05, 3.63) is 72.8 Å². The molecule has 0 aromatic heterocycles. The largest absolute Gasteiger partial charge is 0.127 e. The van der Waals surface area contributed by atoms with Gasteiger partial charge in [0.05, 0.1) is 0 Å². The van der Waals surface area contributed by atoms with Crippen molar-refractivity contribution in [3.63, 3.8) is 0 Å². The van der Waals surface area contributed by atoms with Gasteiger partial charge in [0.1, 0.15) is 0 Å². The Morgan fingerprint density at radius 3 is 0.944 bits per heavy atom. The number of unbranched alkanes of at least 4 members (excludes halogenated alkanes) is 2. The molecule has 0 saturated heterocycles. The quantitative estimate of drug-likeness (QED) is 0.485. The molecular formula is C17H23Cl. The molecule has 0 unspecified atom stereocenters. The third kappa shape index (κ3) is 14.7. The van der Waals surface area contributed by atoms with E-state index in [1.807, 2.05) is 72.8 Å². The lowest BCUT2D eigenvalue weighted by Crippen LogP contribution is -1.70. The van der Waals surface area contributed by atoms with Gasteiger partial charge in [-0.05, 0) is 6.42 Å². The van der Waals surface area contributed by atoms with Crippen LogP contribution < -0.4 is 0 Å². The van der Waals surface area contributed by atoms with Crippen LogP contribution in [-0.4, -0.2) is 5.88 Å². The summed E-state index contributed by atoms with van der Waals surface area (Å²) in [6.07, 6.45) is 3.73. The van der Waals surface area contributed by atoms with E-state index in [1.54, 1.807) is 0 Å². The molecule has 0 heterocycles. The van der Waals surface area contributed by atoms with E-state index in [0.29, 0.717) is 0 Å². The minimum absolute atomic E-state index is 0.827. The zero-order valence-corrected chi connectivity index (χ0v) is 11.9. The van der Waals surface area contributed by atoms with E-state index in [4.69, 9.17) is 11.6 Å². The third-order valence-electron chi connectivity index (χ3n) is 2.07. The van der Waals surface area contributed by atoms with Crippen LogP contribution in [0.3, 0.4) is 0 Å². The summed E-state index contributed by atoms with van der Waals surface area (Å²) >= 11 is 5.38. The van der Waals surface area contributed by atoms with Crippen LogP contribution in [0.4, 0.5) is 0 Å². The number of benzene rings is 2. The summed E-state index contributed by atoms with van der Waals surface area (Å²) in [6, 6.07) is 24.0. The van der Waals surface area contributed by atoms with Gasteiger partial charge in [-0.1, -0.05) is 92.6 Å². The molecule has 2 aromatic rings. The first-order chi connectivity index (χ1) is 8.91. The summed E-state index contributed by atoms with van der Waals surface area (Å²) in [6.45, 7) is 2.17. The minimum Gasteiger partial charge on any atom is -0.127 e. The molecule has 18 heavy (non-hydrogen) atoms. The fourth-order valence-corrected chi connectivity index (χ4v) is 1.30. The van der Waals surface area contributed by atoms with Crippen LogP contribution in [0.25, 0.3) is 0 Å². The maximum Gasteiger partial charge on any atom is 0.0223 e. The fraction of sp³-hybridized carbons (Fsp3) is 0.294. The third-order valence-corrected chi connectivity index (χ3v) is 2.34. The van der Waals surface area contributed by atoms with Crippen molar-refractivity contribution in [2.45, 2.75) is 26.2 Å². The number of hydrogen-bond acceptors (Lipinski definition) is 0.